The van der Waals surface area contributed by atoms with Gasteiger partial charge in [-0.1, -0.05) is 36.3 Å². The molecule has 0 N–H and O–H groups in total. The maximum Gasteiger partial charge on any atom is 0.232 e. The normalized spacial score (nSPS) is 14.6. The lowest BCUT2D eigenvalue weighted by molar-refractivity contribution is -0.122. The van der Waals surface area contributed by atoms with Gasteiger partial charge in [0.1, 0.15) is 11.3 Å². The van der Waals surface area contributed by atoms with Gasteiger partial charge in [0.25, 0.3) is 0 Å². The molecule has 0 atom stereocenters. The number of hydrogen-bond donors (Lipinski definition) is 0. The Balaban J connectivity index is 1.76. The van der Waals surface area contributed by atoms with Crippen LogP contribution in [0.25, 0.3) is 10.2 Å². The van der Waals surface area contributed by atoms with E-state index in [-0.39, 0.29) is 11.8 Å². The number of carbonyl (C=O) groups is 1. The van der Waals surface area contributed by atoms with Gasteiger partial charge < -0.3 is 4.74 Å². The van der Waals surface area contributed by atoms with Crippen LogP contribution < -0.4 is 9.64 Å². The van der Waals surface area contributed by atoms with Crippen molar-refractivity contribution in [1.29, 1.82) is 0 Å². The van der Waals surface area contributed by atoms with Crippen molar-refractivity contribution in [2.45, 2.75) is 39.2 Å². The van der Waals surface area contributed by atoms with Crippen molar-refractivity contribution in [3.05, 3.63) is 47.8 Å². The number of ether oxygens (including phenoxy) is 1. The van der Waals surface area contributed by atoms with E-state index in [1.165, 1.54) is 0 Å². The molecule has 0 unspecified atom stereocenters. The summed E-state index contributed by atoms with van der Waals surface area (Å²) in [7, 11) is 1.65. The number of aryl methyl sites for hydroxylation is 1. The van der Waals surface area contributed by atoms with Crippen molar-refractivity contribution in [2.75, 3.05) is 12.0 Å². The summed E-state index contributed by atoms with van der Waals surface area (Å²) >= 11 is 1.56. The number of nitrogens with zero attached hydrogens (tertiary/aromatic N) is 3. The first-order chi connectivity index (χ1) is 13.2. The van der Waals surface area contributed by atoms with Gasteiger partial charge >= 0.3 is 0 Å². The van der Waals surface area contributed by atoms with Crippen molar-refractivity contribution in [2.24, 2.45) is 5.92 Å². The summed E-state index contributed by atoms with van der Waals surface area (Å²) in [6, 6.07) is 7.87. The van der Waals surface area contributed by atoms with E-state index in [9.17, 15) is 4.79 Å². The molecular formula is C21H23N3O2S. The van der Waals surface area contributed by atoms with Crippen molar-refractivity contribution < 1.29 is 9.53 Å². The Morgan fingerprint density at radius 1 is 1.30 bits per heavy atom. The van der Waals surface area contributed by atoms with Crippen molar-refractivity contribution >= 4 is 32.6 Å². The van der Waals surface area contributed by atoms with E-state index in [0.29, 0.717) is 6.54 Å². The average Bonchev–Trinajstić information content (AvgIpc) is 3.37. The minimum Gasteiger partial charge on any atom is -0.494 e. The van der Waals surface area contributed by atoms with E-state index in [4.69, 9.17) is 9.72 Å². The third kappa shape index (κ3) is 3.54. The molecule has 1 aliphatic rings. The minimum atomic E-state index is 0.0941. The van der Waals surface area contributed by atoms with E-state index >= 15 is 0 Å². The van der Waals surface area contributed by atoms with Crippen LogP contribution in [-0.4, -0.2) is 23.0 Å². The number of carbonyl (C=O) groups excluding carboxylic acids is 1. The third-order valence-corrected chi connectivity index (χ3v) is 6.39. The topological polar surface area (TPSA) is 55.3 Å². The highest BCUT2D eigenvalue weighted by molar-refractivity contribution is 7.22. The van der Waals surface area contributed by atoms with E-state index < -0.39 is 0 Å². The van der Waals surface area contributed by atoms with Crippen molar-refractivity contribution in [1.82, 2.24) is 9.97 Å². The molecule has 0 bridgehead atoms. The summed E-state index contributed by atoms with van der Waals surface area (Å²) in [4.78, 5) is 24.2. The Bertz CT molecular complexity index is 949. The quantitative estimate of drug-likeness (QED) is 0.641. The molecular weight excluding hydrogens is 358 g/mol. The van der Waals surface area contributed by atoms with Crippen LogP contribution in [0.4, 0.5) is 5.13 Å². The molecule has 4 rings (SSSR count). The zero-order chi connectivity index (χ0) is 18.8. The second-order valence-corrected chi connectivity index (χ2v) is 8.00. The molecule has 3 aromatic rings. The third-order valence-electron chi connectivity index (χ3n) is 5.18. The van der Waals surface area contributed by atoms with E-state index in [0.717, 1.165) is 57.9 Å². The molecule has 0 saturated heterocycles. The Morgan fingerprint density at radius 2 is 2.11 bits per heavy atom. The molecule has 1 aliphatic carbocycles. The lowest BCUT2D eigenvalue weighted by Crippen LogP contribution is -2.34. The van der Waals surface area contributed by atoms with Gasteiger partial charge in [-0.15, -0.1) is 0 Å². The molecule has 0 radical (unpaired) electrons. The zero-order valence-electron chi connectivity index (χ0n) is 15.6. The molecule has 2 heterocycles. The number of pyridine rings is 1. The number of thiazole rings is 1. The molecule has 0 spiro atoms. The van der Waals surface area contributed by atoms with Crippen molar-refractivity contribution in [3.8, 4) is 5.75 Å². The maximum atomic E-state index is 13.3. The molecule has 1 fully saturated rings. The number of amides is 1. The van der Waals surface area contributed by atoms with Gasteiger partial charge in [-0.2, -0.15) is 0 Å². The molecule has 5 nitrogen and oxygen atoms in total. The zero-order valence-corrected chi connectivity index (χ0v) is 16.5. The number of fused-ring (bicyclic) bond motifs is 1. The van der Waals surface area contributed by atoms with E-state index in [2.05, 4.69) is 11.9 Å². The van der Waals surface area contributed by atoms with Gasteiger partial charge in [0, 0.05) is 18.3 Å². The summed E-state index contributed by atoms with van der Waals surface area (Å²) in [6.45, 7) is 2.55. The molecule has 2 aromatic heterocycles. The fourth-order valence-electron chi connectivity index (χ4n) is 3.69. The monoisotopic (exact) mass is 381 g/mol. The molecule has 0 aliphatic heterocycles. The van der Waals surface area contributed by atoms with Gasteiger partial charge in [0.2, 0.25) is 5.91 Å². The summed E-state index contributed by atoms with van der Waals surface area (Å²) < 4.78 is 6.55. The summed E-state index contributed by atoms with van der Waals surface area (Å²) in [6.07, 6.45) is 7.76. The second kappa shape index (κ2) is 7.64. The summed E-state index contributed by atoms with van der Waals surface area (Å²) in [5.74, 6) is 1.01. The van der Waals surface area contributed by atoms with Gasteiger partial charge in [0.15, 0.2) is 5.13 Å². The summed E-state index contributed by atoms with van der Waals surface area (Å²) in [5.41, 5.74) is 2.98. The number of anilines is 1. The van der Waals surface area contributed by atoms with Gasteiger partial charge in [-0.05, 0) is 43.0 Å². The second-order valence-electron chi connectivity index (χ2n) is 7.03. The van der Waals surface area contributed by atoms with Crippen LogP contribution in [0.1, 0.15) is 36.8 Å². The molecule has 1 amide bonds. The Hall–Kier alpha value is -2.47. The number of aromatic nitrogens is 2. The highest BCUT2D eigenvalue weighted by Gasteiger charge is 2.30. The minimum absolute atomic E-state index is 0.0941. The molecule has 1 aromatic carbocycles. The van der Waals surface area contributed by atoms with Crippen LogP contribution in [0, 0.1) is 12.8 Å². The van der Waals surface area contributed by atoms with E-state index in [1.807, 2.05) is 35.4 Å². The summed E-state index contributed by atoms with van der Waals surface area (Å²) in [5, 5.41) is 0.735. The molecule has 6 heteroatoms. The van der Waals surface area contributed by atoms with Crippen molar-refractivity contribution in [3.63, 3.8) is 0 Å². The van der Waals surface area contributed by atoms with Crippen LogP contribution in [0.3, 0.4) is 0 Å². The standard InChI is InChI=1S/C21H23N3O2S/c1-14-9-10-17(26-2)18-19(14)27-21(23-18)24(13-15-6-5-11-22-12-15)20(25)16-7-3-4-8-16/h5-6,9-12,16H,3-4,7-8,13H2,1-2H3. The lowest BCUT2D eigenvalue weighted by Gasteiger charge is -2.23. The number of hydrogen-bond acceptors (Lipinski definition) is 5. The molecule has 1 saturated carbocycles. The largest absolute Gasteiger partial charge is 0.494 e. The molecule has 27 heavy (non-hydrogen) atoms. The van der Waals surface area contributed by atoms with Crippen LogP contribution in [0.2, 0.25) is 0 Å². The highest BCUT2D eigenvalue weighted by atomic mass is 32.1. The van der Waals surface area contributed by atoms with Gasteiger partial charge in [-0.25, -0.2) is 4.98 Å². The van der Waals surface area contributed by atoms with Crippen LogP contribution >= 0.6 is 11.3 Å². The average molecular weight is 382 g/mol. The van der Waals surface area contributed by atoms with Crippen LogP contribution in [-0.2, 0) is 11.3 Å². The number of benzene rings is 1. The fraction of sp³-hybridized carbons (Fsp3) is 0.381. The Kier molecular flexibility index (Phi) is 5.07. The van der Waals surface area contributed by atoms with Gasteiger partial charge in [-0.3, -0.25) is 14.7 Å². The lowest BCUT2D eigenvalue weighted by atomic mass is 10.1. The Morgan fingerprint density at radius 3 is 2.81 bits per heavy atom. The Labute approximate surface area is 163 Å². The smallest absolute Gasteiger partial charge is 0.232 e. The van der Waals surface area contributed by atoms with E-state index in [1.54, 1.807) is 24.6 Å². The first-order valence-electron chi connectivity index (χ1n) is 9.32. The van der Waals surface area contributed by atoms with Crippen LogP contribution in [0.15, 0.2) is 36.7 Å². The first kappa shape index (κ1) is 17.9. The number of methoxy groups -OCH3 is 1. The van der Waals surface area contributed by atoms with Gasteiger partial charge in [0.05, 0.1) is 18.4 Å². The predicted octanol–water partition coefficient (Wildman–Crippen LogP) is 4.73. The maximum absolute atomic E-state index is 13.3. The highest BCUT2D eigenvalue weighted by Crippen LogP contribution is 2.38. The fourth-order valence-corrected chi connectivity index (χ4v) is 4.74. The predicted molar refractivity (Wildman–Crippen MR) is 108 cm³/mol. The van der Waals surface area contributed by atoms with Crippen LogP contribution in [0.5, 0.6) is 5.75 Å². The SMILES string of the molecule is COc1ccc(C)c2sc(N(Cc3cccnc3)C(=O)C3CCCC3)nc12. The first-order valence-corrected chi connectivity index (χ1v) is 10.1. The number of rotatable bonds is 5. The molecule has 140 valence electrons.